The number of benzene rings is 1. The fourth-order valence-corrected chi connectivity index (χ4v) is 2.62. The van der Waals surface area contributed by atoms with Gasteiger partial charge in [0.1, 0.15) is 5.75 Å². The molecule has 0 fully saturated rings. The number of carbonyl (C=O) groups is 1. The summed E-state index contributed by atoms with van der Waals surface area (Å²) in [5, 5.41) is 0. The summed E-state index contributed by atoms with van der Waals surface area (Å²) < 4.78 is 5.69. The SMILES string of the molecule is CCN(C(=O)c1ccc(Oc2nc(C)cc(C)n2)cc1)c1cccnc1. The number of carbonyl (C=O) groups excluding carboxylic acids is 1. The lowest BCUT2D eigenvalue weighted by Gasteiger charge is -2.20. The van der Waals surface area contributed by atoms with E-state index in [0.29, 0.717) is 23.9 Å². The lowest BCUT2D eigenvalue weighted by Crippen LogP contribution is -2.30. The van der Waals surface area contributed by atoms with Gasteiger partial charge in [0.25, 0.3) is 5.91 Å². The normalized spacial score (nSPS) is 10.4. The Labute approximate surface area is 152 Å². The number of anilines is 1. The largest absolute Gasteiger partial charge is 0.424 e. The maximum Gasteiger partial charge on any atom is 0.322 e. The van der Waals surface area contributed by atoms with Crippen LogP contribution in [0.5, 0.6) is 11.8 Å². The molecule has 26 heavy (non-hydrogen) atoms. The van der Waals surface area contributed by atoms with Gasteiger partial charge in [-0.25, -0.2) is 9.97 Å². The summed E-state index contributed by atoms with van der Waals surface area (Å²) in [5.74, 6) is 0.491. The Morgan fingerprint density at radius 3 is 2.35 bits per heavy atom. The van der Waals surface area contributed by atoms with E-state index in [2.05, 4.69) is 15.0 Å². The Bertz CT molecular complexity index is 875. The number of rotatable bonds is 5. The number of aromatic nitrogens is 3. The molecule has 0 atom stereocenters. The van der Waals surface area contributed by atoms with Gasteiger partial charge >= 0.3 is 6.01 Å². The van der Waals surface area contributed by atoms with Gasteiger partial charge in [0.05, 0.1) is 11.9 Å². The average Bonchev–Trinajstić information content (AvgIpc) is 2.63. The van der Waals surface area contributed by atoms with Crippen molar-refractivity contribution in [3.05, 3.63) is 71.8 Å². The third kappa shape index (κ3) is 4.03. The first-order valence-corrected chi connectivity index (χ1v) is 8.39. The minimum Gasteiger partial charge on any atom is -0.424 e. The summed E-state index contributed by atoms with van der Waals surface area (Å²) in [7, 11) is 0. The van der Waals surface area contributed by atoms with Crippen molar-refractivity contribution in [3.8, 4) is 11.8 Å². The second kappa shape index (κ2) is 7.74. The summed E-state index contributed by atoms with van der Waals surface area (Å²) in [5.41, 5.74) is 3.03. The summed E-state index contributed by atoms with van der Waals surface area (Å²) in [6, 6.07) is 12.8. The maximum atomic E-state index is 12.8. The van der Waals surface area contributed by atoms with Crippen LogP contribution < -0.4 is 9.64 Å². The number of ether oxygens (including phenoxy) is 1. The van der Waals surface area contributed by atoms with Gasteiger partial charge in [-0.3, -0.25) is 9.78 Å². The number of pyridine rings is 1. The standard InChI is InChI=1S/C20H20N4O2/c1-4-24(17-6-5-11-21-13-17)19(25)16-7-9-18(10-8-16)26-20-22-14(2)12-15(3)23-20/h5-13H,4H2,1-3H3. The monoisotopic (exact) mass is 348 g/mol. The second-order valence-electron chi connectivity index (χ2n) is 5.82. The van der Waals surface area contributed by atoms with Crippen LogP contribution in [0.2, 0.25) is 0 Å². The molecule has 132 valence electrons. The first kappa shape index (κ1) is 17.5. The molecule has 0 aliphatic carbocycles. The molecule has 3 aromatic rings. The number of hydrogen-bond acceptors (Lipinski definition) is 5. The molecule has 2 aromatic heterocycles. The second-order valence-corrected chi connectivity index (χ2v) is 5.82. The number of aryl methyl sites for hydroxylation is 2. The van der Waals surface area contributed by atoms with Gasteiger partial charge in [-0.1, -0.05) is 0 Å². The molecule has 0 aliphatic rings. The molecule has 3 rings (SSSR count). The molecule has 6 heteroatoms. The topological polar surface area (TPSA) is 68.2 Å². The zero-order valence-corrected chi connectivity index (χ0v) is 15.0. The first-order valence-electron chi connectivity index (χ1n) is 8.39. The molecule has 6 nitrogen and oxygen atoms in total. The lowest BCUT2D eigenvalue weighted by molar-refractivity contribution is 0.0988. The molecule has 0 spiro atoms. The van der Waals surface area contributed by atoms with E-state index >= 15 is 0 Å². The fraction of sp³-hybridized carbons (Fsp3) is 0.200. The zero-order chi connectivity index (χ0) is 18.5. The van der Waals surface area contributed by atoms with E-state index in [-0.39, 0.29) is 5.91 Å². The number of amides is 1. The Morgan fingerprint density at radius 1 is 1.08 bits per heavy atom. The molecule has 0 saturated carbocycles. The molecule has 1 aromatic carbocycles. The first-order chi connectivity index (χ1) is 12.6. The van der Waals surface area contributed by atoms with Gasteiger partial charge in [0.2, 0.25) is 0 Å². The van der Waals surface area contributed by atoms with Crippen LogP contribution in [0.3, 0.4) is 0 Å². The molecule has 0 saturated heterocycles. The number of hydrogen-bond donors (Lipinski definition) is 0. The quantitative estimate of drug-likeness (QED) is 0.698. The van der Waals surface area contributed by atoms with E-state index in [1.807, 2.05) is 39.0 Å². The van der Waals surface area contributed by atoms with Crippen molar-refractivity contribution >= 4 is 11.6 Å². The predicted octanol–water partition coefficient (Wildman–Crippen LogP) is 3.95. The highest BCUT2D eigenvalue weighted by Gasteiger charge is 2.16. The van der Waals surface area contributed by atoms with Crippen molar-refractivity contribution in [1.82, 2.24) is 15.0 Å². The smallest absolute Gasteiger partial charge is 0.322 e. The summed E-state index contributed by atoms with van der Waals surface area (Å²) >= 11 is 0. The molecule has 1 amide bonds. The van der Waals surface area contributed by atoms with Crippen LogP contribution in [-0.2, 0) is 0 Å². The average molecular weight is 348 g/mol. The van der Waals surface area contributed by atoms with Crippen LogP contribution in [0, 0.1) is 13.8 Å². The summed E-state index contributed by atoms with van der Waals surface area (Å²) in [4.78, 5) is 27.0. The fourth-order valence-electron chi connectivity index (χ4n) is 2.62. The molecular formula is C20H20N4O2. The van der Waals surface area contributed by atoms with Crippen molar-refractivity contribution in [2.75, 3.05) is 11.4 Å². The maximum absolute atomic E-state index is 12.8. The van der Waals surface area contributed by atoms with Crippen LogP contribution in [-0.4, -0.2) is 27.4 Å². The van der Waals surface area contributed by atoms with Crippen LogP contribution in [0.25, 0.3) is 0 Å². The minimum absolute atomic E-state index is 0.0882. The summed E-state index contributed by atoms with van der Waals surface area (Å²) in [6.45, 7) is 6.27. The molecule has 0 unspecified atom stereocenters. The van der Waals surface area contributed by atoms with E-state index in [9.17, 15) is 4.79 Å². The van der Waals surface area contributed by atoms with Gasteiger partial charge in [-0.15, -0.1) is 0 Å². The van der Waals surface area contributed by atoms with Gasteiger partial charge in [-0.05, 0) is 63.2 Å². The van der Waals surface area contributed by atoms with E-state index in [4.69, 9.17) is 4.74 Å². The van der Waals surface area contributed by atoms with Crippen molar-refractivity contribution in [3.63, 3.8) is 0 Å². The molecule has 2 heterocycles. The Kier molecular flexibility index (Phi) is 5.22. The highest BCUT2D eigenvalue weighted by atomic mass is 16.5. The Balaban J connectivity index is 1.77. The zero-order valence-electron chi connectivity index (χ0n) is 15.0. The highest BCUT2D eigenvalue weighted by Crippen LogP contribution is 2.21. The third-order valence-electron chi connectivity index (χ3n) is 3.79. The third-order valence-corrected chi connectivity index (χ3v) is 3.79. The molecule has 0 N–H and O–H groups in total. The predicted molar refractivity (Wildman–Crippen MR) is 99.6 cm³/mol. The summed E-state index contributed by atoms with van der Waals surface area (Å²) in [6.07, 6.45) is 3.36. The van der Waals surface area contributed by atoms with E-state index in [1.54, 1.807) is 41.6 Å². The van der Waals surface area contributed by atoms with Gasteiger partial charge in [-0.2, -0.15) is 0 Å². The highest BCUT2D eigenvalue weighted by molar-refractivity contribution is 6.06. The molecule has 0 aliphatic heterocycles. The lowest BCUT2D eigenvalue weighted by atomic mass is 10.2. The van der Waals surface area contributed by atoms with E-state index < -0.39 is 0 Å². The van der Waals surface area contributed by atoms with Crippen LogP contribution in [0.4, 0.5) is 5.69 Å². The molecule has 0 bridgehead atoms. The van der Waals surface area contributed by atoms with Gasteiger partial charge < -0.3 is 9.64 Å². The van der Waals surface area contributed by atoms with Crippen molar-refractivity contribution in [1.29, 1.82) is 0 Å². The van der Waals surface area contributed by atoms with E-state index in [0.717, 1.165) is 17.1 Å². The van der Waals surface area contributed by atoms with Crippen LogP contribution >= 0.6 is 0 Å². The van der Waals surface area contributed by atoms with Crippen molar-refractivity contribution < 1.29 is 9.53 Å². The molecule has 0 radical (unpaired) electrons. The van der Waals surface area contributed by atoms with Crippen molar-refractivity contribution in [2.45, 2.75) is 20.8 Å². The molecular weight excluding hydrogens is 328 g/mol. The minimum atomic E-state index is -0.0882. The van der Waals surface area contributed by atoms with Gasteiger partial charge in [0, 0.05) is 29.7 Å². The van der Waals surface area contributed by atoms with Crippen molar-refractivity contribution in [2.24, 2.45) is 0 Å². The number of nitrogens with zero attached hydrogens (tertiary/aromatic N) is 4. The van der Waals surface area contributed by atoms with Gasteiger partial charge in [0.15, 0.2) is 0 Å². The van der Waals surface area contributed by atoms with Crippen LogP contribution in [0.1, 0.15) is 28.7 Å². The Hall–Kier alpha value is -3.28. The Morgan fingerprint density at radius 2 is 1.77 bits per heavy atom. The van der Waals surface area contributed by atoms with Crippen LogP contribution in [0.15, 0.2) is 54.9 Å². The van der Waals surface area contributed by atoms with E-state index in [1.165, 1.54) is 0 Å².